The van der Waals surface area contributed by atoms with Gasteiger partial charge in [0.2, 0.25) is 0 Å². The molecule has 78 valence electrons. The Morgan fingerprint density at radius 2 is 2.14 bits per heavy atom. The smallest absolute Gasteiger partial charge is 0.431 e. The molecular formula is C8H11NO5. The Hall–Kier alpha value is -1.72. The topological polar surface area (TPSA) is 81.7 Å². The highest BCUT2D eigenvalue weighted by Crippen LogP contribution is 2.10. The van der Waals surface area contributed by atoms with E-state index in [0.29, 0.717) is 4.57 Å². The maximum absolute atomic E-state index is 11.3. The second kappa shape index (κ2) is 3.21. The molecule has 0 unspecified atom stereocenters. The molecule has 1 rings (SSSR count). The van der Waals surface area contributed by atoms with E-state index in [2.05, 4.69) is 4.42 Å². The van der Waals surface area contributed by atoms with Gasteiger partial charge in [-0.05, 0) is 20.8 Å². The quantitative estimate of drug-likeness (QED) is 0.675. The number of oxazole rings is 1. The lowest BCUT2D eigenvalue weighted by molar-refractivity contribution is 0.0525. The van der Waals surface area contributed by atoms with Crippen molar-refractivity contribution < 1.29 is 19.1 Å². The van der Waals surface area contributed by atoms with Gasteiger partial charge in [0.15, 0.2) is 0 Å². The minimum Gasteiger partial charge on any atom is -0.480 e. The Morgan fingerprint density at radius 3 is 2.50 bits per heavy atom. The predicted octanol–water partition coefficient (Wildman–Crippen LogP) is 0.930. The van der Waals surface area contributed by atoms with E-state index < -0.39 is 23.4 Å². The van der Waals surface area contributed by atoms with Gasteiger partial charge >= 0.3 is 17.8 Å². The first-order valence-electron chi connectivity index (χ1n) is 3.94. The second-order valence-electron chi connectivity index (χ2n) is 3.69. The number of rotatable bonds is 0. The first-order chi connectivity index (χ1) is 6.29. The average Bonchev–Trinajstić information content (AvgIpc) is 2.26. The fraction of sp³-hybridized carbons (Fsp3) is 0.500. The van der Waals surface area contributed by atoms with Crippen LogP contribution in [0.5, 0.6) is 5.95 Å². The maximum atomic E-state index is 11.3. The molecule has 1 heterocycles. The minimum atomic E-state index is -0.975. The van der Waals surface area contributed by atoms with Crippen molar-refractivity contribution in [3.05, 3.63) is 16.7 Å². The zero-order chi connectivity index (χ0) is 10.9. The molecule has 0 saturated heterocycles. The number of hydrogen-bond acceptors (Lipinski definition) is 5. The predicted molar refractivity (Wildman–Crippen MR) is 46.3 cm³/mol. The molecule has 6 nitrogen and oxygen atoms in total. The molecule has 1 aromatic rings. The number of hydrogen-bond donors (Lipinski definition) is 1. The largest absolute Gasteiger partial charge is 0.480 e. The van der Waals surface area contributed by atoms with Crippen molar-refractivity contribution in [2.24, 2.45) is 0 Å². The third kappa shape index (κ3) is 2.38. The fourth-order valence-corrected chi connectivity index (χ4v) is 0.766. The number of aromatic hydroxyl groups is 1. The molecule has 0 saturated carbocycles. The number of carbonyl (C=O) groups excluding carboxylic acids is 1. The van der Waals surface area contributed by atoms with Crippen LogP contribution in [0.25, 0.3) is 0 Å². The summed E-state index contributed by atoms with van der Waals surface area (Å²) in [5.41, 5.74) is -0.705. The van der Waals surface area contributed by atoms with Crippen molar-refractivity contribution in [2.75, 3.05) is 0 Å². The summed E-state index contributed by atoms with van der Waals surface area (Å²) in [6.07, 6.45) is -0.0253. The summed E-state index contributed by atoms with van der Waals surface area (Å²) in [7, 11) is 0. The summed E-state index contributed by atoms with van der Waals surface area (Å²) in [5, 5.41) is 8.79. The van der Waals surface area contributed by atoms with Gasteiger partial charge in [-0.3, -0.25) is 0 Å². The van der Waals surface area contributed by atoms with E-state index in [-0.39, 0.29) is 0 Å². The highest BCUT2D eigenvalue weighted by molar-refractivity contribution is 5.70. The summed E-state index contributed by atoms with van der Waals surface area (Å²) in [6, 6.07) is 0. The van der Waals surface area contributed by atoms with E-state index in [4.69, 9.17) is 9.84 Å². The lowest BCUT2D eigenvalue weighted by atomic mass is 10.2. The zero-order valence-corrected chi connectivity index (χ0v) is 8.10. The Balaban J connectivity index is 2.91. The Labute approximate surface area is 79.7 Å². The zero-order valence-electron chi connectivity index (χ0n) is 8.10. The fourth-order valence-electron chi connectivity index (χ4n) is 0.766. The van der Waals surface area contributed by atoms with Crippen LogP contribution in [0.3, 0.4) is 0 Å². The standard InChI is InChI=1S/C8H11NO5/c1-8(2,3)14-7(12)9-4-5(10)13-6(9)11/h4,10H,1-3H3. The van der Waals surface area contributed by atoms with Crippen LogP contribution in [0, 0.1) is 0 Å². The Morgan fingerprint density at radius 1 is 1.57 bits per heavy atom. The molecule has 0 aliphatic rings. The first kappa shape index (κ1) is 10.4. The van der Waals surface area contributed by atoms with Gasteiger partial charge in [-0.1, -0.05) is 0 Å². The van der Waals surface area contributed by atoms with E-state index in [0.717, 1.165) is 6.20 Å². The summed E-state index contributed by atoms with van der Waals surface area (Å²) < 4.78 is 9.64. The molecule has 6 heteroatoms. The van der Waals surface area contributed by atoms with E-state index in [9.17, 15) is 9.59 Å². The molecule has 0 radical (unpaired) electrons. The number of aromatic nitrogens is 1. The van der Waals surface area contributed by atoms with Crippen LogP contribution in [-0.4, -0.2) is 21.4 Å². The van der Waals surface area contributed by atoms with Crippen molar-refractivity contribution in [1.29, 1.82) is 0 Å². The van der Waals surface area contributed by atoms with Crippen LogP contribution in [0.1, 0.15) is 20.8 Å². The summed E-state index contributed by atoms with van der Waals surface area (Å²) in [4.78, 5) is 22.2. The van der Waals surface area contributed by atoms with Crippen molar-refractivity contribution in [3.8, 4) is 5.95 Å². The van der Waals surface area contributed by atoms with E-state index in [1.807, 2.05) is 0 Å². The van der Waals surface area contributed by atoms with Gasteiger partial charge in [0.25, 0.3) is 0 Å². The number of nitrogens with zero attached hydrogens (tertiary/aromatic N) is 1. The first-order valence-corrected chi connectivity index (χ1v) is 3.94. The third-order valence-corrected chi connectivity index (χ3v) is 1.22. The van der Waals surface area contributed by atoms with E-state index in [1.54, 1.807) is 20.8 Å². The molecule has 0 fully saturated rings. The summed E-state index contributed by atoms with van der Waals surface area (Å²) >= 11 is 0. The molecule has 0 atom stereocenters. The molecule has 1 N–H and O–H groups in total. The highest BCUT2D eigenvalue weighted by Gasteiger charge is 2.20. The number of ether oxygens (including phenoxy) is 1. The van der Waals surface area contributed by atoms with Crippen LogP contribution in [0.2, 0.25) is 0 Å². The lowest BCUT2D eigenvalue weighted by Gasteiger charge is -2.18. The second-order valence-corrected chi connectivity index (χ2v) is 3.69. The highest BCUT2D eigenvalue weighted by atomic mass is 16.6. The summed E-state index contributed by atoms with van der Waals surface area (Å²) in [5.74, 6) is -1.60. The van der Waals surface area contributed by atoms with Crippen molar-refractivity contribution in [1.82, 2.24) is 4.57 Å². The van der Waals surface area contributed by atoms with Crippen LogP contribution in [-0.2, 0) is 4.74 Å². The third-order valence-electron chi connectivity index (χ3n) is 1.22. The van der Waals surface area contributed by atoms with Crippen molar-refractivity contribution >= 4 is 6.09 Å². The van der Waals surface area contributed by atoms with Crippen LogP contribution < -0.4 is 5.76 Å². The molecule has 0 bridgehead atoms. The van der Waals surface area contributed by atoms with Gasteiger partial charge in [0.1, 0.15) is 11.8 Å². The average molecular weight is 201 g/mol. The molecule has 0 aliphatic heterocycles. The minimum absolute atomic E-state index is 0.556. The Kier molecular flexibility index (Phi) is 2.37. The SMILES string of the molecule is CC(C)(C)OC(=O)n1cc(O)oc1=O. The molecule has 14 heavy (non-hydrogen) atoms. The molecular weight excluding hydrogens is 190 g/mol. The van der Waals surface area contributed by atoms with Crippen LogP contribution >= 0.6 is 0 Å². The monoisotopic (exact) mass is 201 g/mol. The van der Waals surface area contributed by atoms with Gasteiger partial charge in [0, 0.05) is 0 Å². The van der Waals surface area contributed by atoms with E-state index in [1.165, 1.54) is 0 Å². The molecule has 1 aromatic heterocycles. The van der Waals surface area contributed by atoms with Crippen LogP contribution in [0.4, 0.5) is 4.79 Å². The maximum Gasteiger partial charge on any atom is 0.431 e. The molecule has 0 spiro atoms. The van der Waals surface area contributed by atoms with Crippen molar-refractivity contribution in [2.45, 2.75) is 26.4 Å². The van der Waals surface area contributed by atoms with Gasteiger partial charge in [0.05, 0.1) is 0 Å². The van der Waals surface area contributed by atoms with E-state index >= 15 is 0 Å². The molecule has 0 aromatic carbocycles. The Bertz CT molecular complexity index is 395. The summed E-state index contributed by atoms with van der Waals surface area (Å²) in [6.45, 7) is 4.99. The normalized spacial score (nSPS) is 11.4. The molecule has 0 amide bonds. The van der Waals surface area contributed by atoms with Crippen LogP contribution in [0.15, 0.2) is 15.4 Å². The van der Waals surface area contributed by atoms with Gasteiger partial charge in [-0.15, -0.1) is 0 Å². The number of carbonyl (C=O) groups is 1. The van der Waals surface area contributed by atoms with Gasteiger partial charge in [-0.2, -0.15) is 4.57 Å². The van der Waals surface area contributed by atoms with Gasteiger partial charge in [-0.25, -0.2) is 9.59 Å². The van der Waals surface area contributed by atoms with Gasteiger partial charge < -0.3 is 14.3 Å². The molecule has 0 aliphatic carbocycles. The lowest BCUT2D eigenvalue weighted by Crippen LogP contribution is -2.31. The van der Waals surface area contributed by atoms with Crippen molar-refractivity contribution in [3.63, 3.8) is 0 Å².